The van der Waals surface area contributed by atoms with E-state index in [9.17, 15) is 4.79 Å². The predicted octanol–water partition coefficient (Wildman–Crippen LogP) is 1.98. The molecule has 13 heavy (non-hydrogen) atoms. The molecule has 2 nitrogen and oxygen atoms in total. The van der Waals surface area contributed by atoms with Gasteiger partial charge in [0.1, 0.15) is 6.29 Å². The molecule has 2 aromatic rings. The quantitative estimate of drug-likeness (QED) is 0.646. The highest BCUT2D eigenvalue weighted by Gasteiger charge is 1.99. The minimum Gasteiger partial charge on any atom is -0.303 e. The number of nitrogens with zero attached hydrogens (tertiary/aromatic N) is 1. The van der Waals surface area contributed by atoms with Gasteiger partial charge in [0, 0.05) is 18.0 Å². The molecule has 0 bridgehead atoms. The van der Waals surface area contributed by atoms with E-state index in [2.05, 4.69) is 4.98 Å². The molecule has 0 unspecified atom stereocenters. The van der Waals surface area contributed by atoms with E-state index in [1.807, 2.05) is 30.3 Å². The molecule has 0 saturated heterocycles. The van der Waals surface area contributed by atoms with Crippen molar-refractivity contribution in [1.29, 1.82) is 0 Å². The van der Waals surface area contributed by atoms with Gasteiger partial charge in [-0.1, -0.05) is 24.3 Å². The fourth-order valence-electron chi connectivity index (χ4n) is 1.42. The van der Waals surface area contributed by atoms with Crippen molar-refractivity contribution in [2.24, 2.45) is 0 Å². The van der Waals surface area contributed by atoms with Gasteiger partial charge in [0.2, 0.25) is 0 Å². The molecule has 1 aromatic carbocycles. The monoisotopic (exact) mass is 171 g/mol. The van der Waals surface area contributed by atoms with Gasteiger partial charge in [-0.25, -0.2) is 0 Å². The van der Waals surface area contributed by atoms with Crippen LogP contribution in [-0.2, 0) is 11.2 Å². The highest BCUT2D eigenvalue weighted by Crippen LogP contribution is 2.15. The molecule has 0 aliphatic carbocycles. The van der Waals surface area contributed by atoms with Crippen LogP contribution in [0.1, 0.15) is 5.69 Å². The van der Waals surface area contributed by atoms with Crippen molar-refractivity contribution < 1.29 is 4.79 Å². The average molecular weight is 171 g/mol. The Hall–Kier alpha value is -1.70. The van der Waals surface area contributed by atoms with Crippen molar-refractivity contribution in [3.8, 4) is 0 Å². The van der Waals surface area contributed by atoms with Gasteiger partial charge in [-0.05, 0) is 11.5 Å². The first kappa shape index (κ1) is 7.92. The maximum atomic E-state index is 10.4. The molecule has 0 aliphatic rings. The molecule has 0 spiro atoms. The van der Waals surface area contributed by atoms with Gasteiger partial charge in [0.05, 0.1) is 5.69 Å². The molecule has 0 aliphatic heterocycles. The summed E-state index contributed by atoms with van der Waals surface area (Å²) in [5.74, 6) is 0. The van der Waals surface area contributed by atoms with E-state index in [1.165, 1.54) is 0 Å². The van der Waals surface area contributed by atoms with Gasteiger partial charge < -0.3 is 4.79 Å². The lowest BCUT2D eigenvalue weighted by Gasteiger charge is -2.00. The van der Waals surface area contributed by atoms with Crippen LogP contribution in [0.5, 0.6) is 0 Å². The first-order valence-electron chi connectivity index (χ1n) is 4.18. The summed E-state index contributed by atoms with van der Waals surface area (Å²) in [4.78, 5) is 14.5. The number of hydrogen-bond acceptors (Lipinski definition) is 2. The molecule has 0 amide bonds. The molecule has 0 N–H and O–H groups in total. The van der Waals surface area contributed by atoms with Crippen molar-refractivity contribution in [2.45, 2.75) is 6.42 Å². The second-order valence-corrected chi connectivity index (χ2v) is 2.85. The van der Waals surface area contributed by atoms with E-state index < -0.39 is 0 Å². The predicted molar refractivity (Wildman–Crippen MR) is 51.5 cm³/mol. The van der Waals surface area contributed by atoms with Crippen LogP contribution in [0.2, 0.25) is 0 Å². The molecule has 2 rings (SSSR count). The van der Waals surface area contributed by atoms with Crippen LogP contribution in [0.15, 0.2) is 36.5 Å². The van der Waals surface area contributed by atoms with Crippen LogP contribution in [0, 0.1) is 0 Å². The third-order valence-corrected chi connectivity index (χ3v) is 2.03. The van der Waals surface area contributed by atoms with E-state index in [0.717, 1.165) is 22.8 Å². The van der Waals surface area contributed by atoms with Gasteiger partial charge in [0.25, 0.3) is 0 Å². The number of carbonyl (C=O) groups is 1. The molecule has 1 aromatic heterocycles. The Kier molecular flexibility index (Phi) is 2.04. The van der Waals surface area contributed by atoms with Crippen LogP contribution in [-0.4, -0.2) is 11.3 Å². The van der Waals surface area contributed by atoms with Gasteiger partial charge in [-0.2, -0.15) is 0 Å². The molecular weight excluding hydrogens is 162 g/mol. The van der Waals surface area contributed by atoms with Gasteiger partial charge in [-0.15, -0.1) is 0 Å². The second-order valence-electron chi connectivity index (χ2n) is 2.85. The highest BCUT2D eigenvalue weighted by molar-refractivity contribution is 5.85. The first-order chi connectivity index (χ1) is 6.42. The second kappa shape index (κ2) is 3.35. The van der Waals surface area contributed by atoms with Crippen LogP contribution >= 0.6 is 0 Å². The Labute approximate surface area is 76.2 Å². The van der Waals surface area contributed by atoms with E-state index in [0.29, 0.717) is 6.42 Å². The minimum absolute atomic E-state index is 0.390. The van der Waals surface area contributed by atoms with Gasteiger partial charge in [0.15, 0.2) is 0 Å². The number of aldehydes is 1. The summed E-state index contributed by atoms with van der Waals surface area (Å²) in [7, 11) is 0. The smallest absolute Gasteiger partial charge is 0.125 e. The normalized spacial score (nSPS) is 10.2. The van der Waals surface area contributed by atoms with E-state index in [1.54, 1.807) is 6.20 Å². The Bertz CT molecular complexity index is 432. The zero-order chi connectivity index (χ0) is 9.10. The molecule has 1 heterocycles. The van der Waals surface area contributed by atoms with Crippen molar-refractivity contribution in [1.82, 2.24) is 4.98 Å². The number of benzene rings is 1. The van der Waals surface area contributed by atoms with Crippen LogP contribution in [0.25, 0.3) is 10.8 Å². The maximum absolute atomic E-state index is 10.4. The fraction of sp³-hybridized carbons (Fsp3) is 0.0909. The molecule has 0 atom stereocenters. The Morgan fingerprint density at radius 2 is 2.08 bits per heavy atom. The molecule has 64 valence electrons. The average Bonchev–Trinajstić information content (AvgIpc) is 2.19. The van der Waals surface area contributed by atoms with Crippen molar-refractivity contribution >= 4 is 17.1 Å². The third-order valence-electron chi connectivity index (χ3n) is 2.03. The number of aromatic nitrogens is 1. The van der Waals surface area contributed by atoms with E-state index in [-0.39, 0.29) is 0 Å². The van der Waals surface area contributed by atoms with Crippen molar-refractivity contribution in [2.75, 3.05) is 0 Å². The summed E-state index contributed by atoms with van der Waals surface area (Å²) in [6, 6.07) is 9.89. The summed E-state index contributed by atoms with van der Waals surface area (Å²) >= 11 is 0. The molecule has 2 heteroatoms. The third kappa shape index (κ3) is 1.43. The molecule has 0 fully saturated rings. The van der Waals surface area contributed by atoms with Crippen molar-refractivity contribution in [3.63, 3.8) is 0 Å². The molecule has 0 radical (unpaired) electrons. The lowest BCUT2D eigenvalue weighted by molar-refractivity contribution is -0.107. The SMILES string of the molecule is O=CCc1nccc2ccccc12. The fourth-order valence-corrected chi connectivity index (χ4v) is 1.42. The minimum atomic E-state index is 0.390. The molecule has 0 saturated carbocycles. The Morgan fingerprint density at radius 1 is 1.23 bits per heavy atom. The summed E-state index contributed by atoms with van der Waals surface area (Å²) in [6.07, 6.45) is 3.01. The van der Waals surface area contributed by atoms with Gasteiger partial charge in [-0.3, -0.25) is 4.98 Å². The Balaban J connectivity index is 2.68. The summed E-state index contributed by atoms with van der Waals surface area (Å²) < 4.78 is 0. The summed E-state index contributed by atoms with van der Waals surface area (Å²) in [5, 5.41) is 2.20. The standard InChI is InChI=1S/C11H9NO/c13-8-6-11-10-4-2-1-3-9(10)5-7-12-11/h1-5,7-8H,6H2. The van der Waals surface area contributed by atoms with E-state index in [4.69, 9.17) is 0 Å². The molecular formula is C11H9NO. The van der Waals surface area contributed by atoms with E-state index >= 15 is 0 Å². The van der Waals surface area contributed by atoms with Gasteiger partial charge >= 0.3 is 0 Å². The van der Waals surface area contributed by atoms with Crippen LogP contribution in [0.3, 0.4) is 0 Å². The number of hydrogen-bond donors (Lipinski definition) is 0. The zero-order valence-electron chi connectivity index (χ0n) is 7.10. The topological polar surface area (TPSA) is 30.0 Å². The summed E-state index contributed by atoms with van der Waals surface area (Å²) in [5.41, 5.74) is 0.855. The number of fused-ring (bicyclic) bond motifs is 1. The Morgan fingerprint density at radius 3 is 2.92 bits per heavy atom. The van der Waals surface area contributed by atoms with Crippen LogP contribution < -0.4 is 0 Å². The zero-order valence-corrected chi connectivity index (χ0v) is 7.10. The first-order valence-corrected chi connectivity index (χ1v) is 4.18. The number of carbonyl (C=O) groups excluding carboxylic acids is 1. The highest BCUT2D eigenvalue weighted by atomic mass is 16.1. The van der Waals surface area contributed by atoms with Crippen molar-refractivity contribution in [3.05, 3.63) is 42.2 Å². The van der Waals surface area contributed by atoms with Crippen LogP contribution in [0.4, 0.5) is 0 Å². The number of pyridine rings is 1. The summed E-state index contributed by atoms with van der Waals surface area (Å²) in [6.45, 7) is 0. The lowest BCUT2D eigenvalue weighted by atomic mass is 10.1. The lowest BCUT2D eigenvalue weighted by Crippen LogP contribution is -1.91. The number of rotatable bonds is 2. The largest absolute Gasteiger partial charge is 0.303 e. The maximum Gasteiger partial charge on any atom is 0.125 e.